The van der Waals surface area contributed by atoms with E-state index >= 15 is 0 Å². The summed E-state index contributed by atoms with van der Waals surface area (Å²) in [5.41, 5.74) is 0.765. The fourth-order valence-electron chi connectivity index (χ4n) is 3.18. The first kappa shape index (κ1) is 15.3. The van der Waals surface area contributed by atoms with E-state index in [9.17, 15) is 9.59 Å². The van der Waals surface area contributed by atoms with Crippen LogP contribution in [0.4, 0.5) is 5.69 Å². The highest BCUT2D eigenvalue weighted by molar-refractivity contribution is 6.31. The van der Waals surface area contributed by atoms with Crippen molar-refractivity contribution in [2.24, 2.45) is 5.92 Å². The van der Waals surface area contributed by atoms with Crippen LogP contribution >= 0.6 is 11.6 Å². The van der Waals surface area contributed by atoms with Crippen molar-refractivity contribution in [2.45, 2.75) is 19.4 Å². The van der Waals surface area contributed by atoms with Crippen LogP contribution in [0.25, 0.3) is 0 Å². The third-order valence-corrected chi connectivity index (χ3v) is 4.64. The second-order valence-electron chi connectivity index (χ2n) is 5.90. The SMILES string of the molecule is CC1CNCCN1C(=O)C1CCN(c2cccc(Cl)c2)C1=O. The summed E-state index contributed by atoms with van der Waals surface area (Å²) in [6, 6.07) is 7.34. The van der Waals surface area contributed by atoms with Gasteiger partial charge in [-0.25, -0.2) is 0 Å². The molecule has 6 heteroatoms. The summed E-state index contributed by atoms with van der Waals surface area (Å²) in [6.45, 7) is 4.81. The van der Waals surface area contributed by atoms with Crippen LogP contribution in [0.1, 0.15) is 13.3 Å². The molecule has 0 saturated carbocycles. The topological polar surface area (TPSA) is 52.7 Å². The Kier molecular flexibility index (Phi) is 4.36. The molecule has 2 atom stereocenters. The maximum absolute atomic E-state index is 12.7. The van der Waals surface area contributed by atoms with Gasteiger partial charge in [0.1, 0.15) is 5.92 Å². The lowest BCUT2D eigenvalue weighted by Crippen LogP contribution is -2.54. The molecule has 2 amide bonds. The molecule has 2 unspecified atom stereocenters. The minimum atomic E-state index is -0.556. The molecule has 0 aromatic heterocycles. The Morgan fingerprint density at radius 3 is 2.91 bits per heavy atom. The Morgan fingerprint density at radius 1 is 1.36 bits per heavy atom. The maximum atomic E-state index is 12.7. The second-order valence-corrected chi connectivity index (χ2v) is 6.33. The number of carbonyl (C=O) groups excluding carboxylic acids is 2. The van der Waals surface area contributed by atoms with E-state index in [0.29, 0.717) is 24.5 Å². The summed E-state index contributed by atoms with van der Waals surface area (Å²) in [4.78, 5) is 28.8. The van der Waals surface area contributed by atoms with E-state index in [0.717, 1.165) is 18.8 Å². The van der Waals surface area contributed by atoms with Crippen LogP contribution in [-0.4, -0.2) is 48.9 Å². The lowest BCUT2D eigenvalue weighted by atomic mass is 10.0. The van der Waals surface area contributed by atoms with Gasteiger partial charge >= 0.3 is 0 Å². The molecule has 3 rings (SSSR count). The summed E-state index contributed by atoms with van der Waals surface area (Å²) in [6.07, 6.45) is 0.570. The van der Waals surface area contributed by atoms with Crippen molar-refractivity contribution in [1.82, 2.24) is 10.2 Å². The predicted octanol–water partition coefficient (Wildman–Crippen LogP) is 1.51. The number of rotatable bonds is 2. The van der Waals surface area contributed by atoms with Crippen molar-refractivity contribution in [3.8, 4) is 0 Å². The van der Waals surface area contributed by atoms with Gasteiger partial charge in [-0.3, -0.25) is 9.59 Å². The fourth-order valence-corrected chi connectivity index (χ4v) is 3.36. The van der Waals surface area contributed by atoms with Crippen LogP contribution in [0.3, 0.4) is 0 Å². The molecule has 0 radical (unpaired) electrons. The number of nitrogens with one attached hydrogen (secondary N) is 1. The molecule has 1 aromatic rings. The normalized spacial score (nSPS) is 25.6. The third kappa shape index (κ3) is 2.83. The number of carbonyl (C=O) groups is 2. The minimum Gasteiger partial charge on any atom is -0.337 e. The molecular formula is C16H20ClN3O2. The molecule has 2 aliphatic rings. The fraction of sp³-hybridized carbons (Fsp3) is 0.500. The average molecular weight is 322 g/mol. The molecule has 2 heterocycles. The van der Waals surface area contributed by atoms with Crippen LogP contribution < -0.4 is 10.2 Å². The van der Waals surface area contributed by atoms with Crippen molar-refractivity contribution in [3.05, 3.63) is 29.3 Å². The first-order valence-corrected chi connectivity index (χ1v) is 8.04. The summed E-state index contributed by atoms with van der Waals surface area (Å²) in [5, 5.41) is 3.85. The standard InChI is InChI=1S/C16H20ClN3O2/c1-11-10-18-6-8-19(11)15(21)14-5-7-20(16(14)22)13-4-2-3-12(17)9-13/h2-4,9,11,14,18H,5-8,10H2,1H3. The zero-order chi connectivity index (χ0) is 15.7. The largest absolute Gasteiger partial charge is 0.337 e. The van der Waals surface area contributed by atoms with E-state index in [1.54, 1.807) is 17.0 Å². The zero-order valence-electron chi connectivity index (χ0n) is 12.6. The Hall–Kier alpha value is -1.59. The van der Waals surface area contributed by atoms with Crippen LogP contribution in [0, 0.1) is 5.92 Å². The van der Waals surface area contributed by atoms with Crippen molar-refractivity contribution < 1.29 is 9.59 Å². The van der Waals surface area contributed by atoms with Gasteiger partial charge in [0.05, 0.1) is 0 Å². The summed E-state index contributed by atoms with van der Waals surface area (Å²) >= 11 is 5.99. The van der Waals surface area contributed by atoms with Gasteiger partial charge in [-0.1, -0.05) is 17.7 Å². The number of benzene rings is 1. The Labute approximate surface area is 135 Å². The first-order chi connectivity index (χ1) is 10.6. The average Bonchev–Trinajstić information content (AvgIpc) is 2.89. The van der Waals surface area contributed by atoms with Gasteiger partial charge in [-0.05, 0) is 31.5 Å². The predicted molar refractivity (Wildman–Crippen MR) is 86.0 cm³/mol. The van der Waals surface area contributed by atoms with Crippen LogP contribution in [0.5, 0.6) is 0 Å². The lowest BCUT2D eigenvalue weighted by molar-refractivity contribution is -0.142. The molecule has 1 N–H and O–H groups in total. The van der Waals surface area contributed by atoms with Crippen molar-refractivity contribution in [1.29, 1.82) is 0 Å². The van der Waals surface area contributed by atoms with E-state index in [1.807, 2.05) is 24.0 Å². The highest BCUT2D eigenvalue weighted by atomic mass is 35.5. The Morgan fingerprint density at radius 2 is 2.18 bits per heavy atom. The van der Waals surface area contributed by atoms with Crippen molar-refractivity contribution in [3.63, 3.8) is 0 Å². The lowest BCUT2D eigenvalue weighted by Gasteiger charge is -2.35. The number of hydrogen-bond acceptors (Lipinski definition) is 3. The molecule has 2 saturated heterocycles. The molecule has 1 aromatic carbocycles. The van der Waals surface area contributed by atoms with Crippen molar-refractivity contribution >= 4 is 29.1 Å². The minimum absolute atomic E-state index is 0.0384. The molecule has 118 valence electrons. The number of piperazine rings is 1. The molecule has 0 bridgehead atoms. The van der Waals surface area contributed by atoms with Gasteiger partial charge in [-0.2, -0.15) is 0 Å². The molecule has 2 fully saturated rings. The maximum Gasteiger partial charge on any atom is 0.239 e. The van der Waals surface area contributed by atoms with Gasteiger partial charge in [-0.15, -0.1) is 0 Å². The third-order valence-electron chi connectivity index (χ3n) is 4.41. The van der Waals surface area contributed by atoms with Crippen LogP contribution in [0.15, 0.2) is 24.3 Å². The van der Waals surface area contributed by atoms with Gasteiger partial charge in [0.2, 0.25) is 11.8 Å². The zero-order valence-corrected chi connectivity index (χ0v) is 13.3. The van der Waals surface area contributed by atoms with E-state index in [-0.39, 0.29) is 17.9 Å². The first-order valence-electron chi connectivity index (χ1n) is 7.66. The number of hydrogen-bond donors (Lipinski definition) is 1. The number of halogens is 1. The highest BCUT2D eigenvalue weighted by Gasteiger charge is 2.41. The highest BCUT2D eigenvalue weighted by Crippen LogP contribution is 2.28. The molecule has 2 aliphatic heterocycles. The van der Waals surface area contributed by atoms with Gasteiger partial charge in [0, 0.05) is 42.9 Å². The molecule has 22 heavy (non-hydrogen) atoms. The van der Waals surface area contributed by atoms with Gasteiger partial charge in [0.25, 0.3) is 0 Å². The van der Waals surface area contributed by atoms with E-state index in [2.05, 4.69) is 5.32 Å². The van der Waals surface area contributed by atoms with Gasteiger partial charge in [0.15, 0.2) is 0 Å². The van der Waals surface area contributed by atoms with Gasteiger partial charge < -0.3 is 15.1 Å². The smallest absolute Gasteiger partial charge is 0.239 e. The second kappa shape index (κ2) is 6.26. The van der Waals surface area contributed by atoms with Crippen LogP contribution in [-0.2, 0) is 9.59 Å². The quantitative estimate of drug-likeness (QED) is 0.840. The Balaban J connectivity index is 1.74. The number of amides is 2. The monoisotopic (exact) mass is 321 g/mol. The van der Waals surface area contributed by atoms with E-state index in [4.69, 9.17) is 11.6 Å². The number of nitrogens with zero attached hydrogens (tertiary/aromatic N) is 2. The van der Waals surface area contributed by atoms with E-state index < -0.39 is 5.92 Å². The Bertz CT molecular complexity index is 593. The summed E-state index contributed by atoms with van der Waals surface area (Å²) < 4.78 is 0. The molecular weight excluding hydrogens is 302 g/mol. The molecule has 0 spiro atoms. The summed E-state index contributed by atoms with van der Waals surface area (Å²) in [5.74, 6) is -0.707. The van der Waals surface area contributed by atoms with Crippen molar-refractivity contribution in [2.75, 3.05) is 31.1 Å². The van der Waals surface area contributed by atoms with Crippen LogP contribution in [0.2, 0.25) is 5.02 Å². The molecule has 5 nitrogen and oxygen atoms in total. The summed E-state index contributed by atoms with van der Waals surface area (Å²) in [7, 11) is 0. The number of anilines is 1. The van der Waals surface area contributed by atoms with E-state index in [1.165, 1.54) is 0 Å². The molecule has 0 aliphatic carbocycles.